The molecular formula is C14H18BrN3O. The van der Waals surface area contributed by atoms with Crippen LogP contribution in [-0.4, -0.2) is 19.9 Å². The molecule has 1 unspecified atom stereocenters. The van der Waals surface area contributed by atoms with E-state index in [1.54, 1.807) is 6.20 Å². The molecule has 2 rings (SSSR count). The SMILES string of the molecule is CCc1nn(CC)c(CC(O)c2ccccn2)c1Br. The van der Waals surface area contributed by atoms with Crippen molar-refractivity contribution in [1.82, 2.24) is 14.8 Å². The minimum absolute atomic E-state index is 0.512. The monoisotopic (exact) mass is 323 g/mol. The van der Waals surface area contributed by atoms with E-state index in [1.807, 2.05) is 22.9 Å². The lowest BCUT2D eigenvalue weighted by atomic mass is 10.1. The molecule has 19 heavy (non-hydrogen) atoms. The predicted molar refractivity (Wildman–Crippen MR) is 77.9 cm³/mol. The summed E-state index contributed by atoms with van der Waals surface area (Å²) in [5.41, 5.74) is 2.75. The van der Waals surface area contributed by atoms with Crippen molar-refractivity contribution in [1.29, 1.82) is 0 Å². The maximum Gasteiger partial charge on any atom is 0.101 e. The Hall–Kier alpha value is -1.20. The maximum atomic E-state index is 10.3. The Morgan fingerprint density at radius 2 is 2.16 bits per heavy atom. The molecule has 0 spiro atoms. The first kappa shape index (κ1) is 14.2. The number of hydrogen-bond donors (Lipinski definition) is 1. The van der Waals surface area contributed by atoms with Crippen molar-refractivity contribution in [3.05, 3.63) is 46.0 Å². The van der Waals surface area contributed by atoms with E-state index in [1.165, 1.54) is 0 Å². The molecule has 1 N–H and O–H groups in total. The van der Waals surface area contributed by atoms with E-state index >= 15 is 0 Å². The van der Waals surface area contributed by atoms with Crippen LogP contribution in [0, 0.1) is 0 Å². The van der Waals surface area contributed by atoms with Gasteiger partial charge in [0.05, 0.1) is 21.6 Å². The molecule has 0 fully saturated rings. The van der Waals surface area contributed by atoms with Crippen LogP contribution >= 0.6 is 15.9 Å². The highest BCUT2D eigenvalue weighted by molar-refractivity contribution is 9.10. The van der Waals surface area contributed by atoms with Crippen molar-refractivity contribution >= 4 is 15.9 Å². The van der Waals surface area contributed by atoms with Crippen molar-refractivity contribution < 1.29 is 5.11 Å². The Kier molecular flexibility index (Phi) is 4.71. The zero-order valence-corrected chi connectivity index (χ0v) is 12.8. The fourth-order valence-electron chi connectivity index (χ4n) is 2.07. The van der Waals surface area contributed by atoms with Gasteiger partial charge in [0, 0.05) is 19.2 Å². The van der Waals surface area contributed by atoms with Crippen LogP contribution in [0.1, 0.15) is 37.0 Å². The summed E-state index contributed by atoms with van der Waals surface area (Å²) < 4.78 is 2.95. The number of aliphatic hydroxyl groups is 1. The topological polar surface area (TPSA) is 50.9 Å². The average Bonchev–Trinajstić information content (AvgIpc) is 2.76. The van der Waals surface area contributed by atoms with E-state index in [0.717, 1.165) is 28.8 Å². The van der Waals surface area contributed by atoms with Gasteiger partial charge in [-0.2, -0.15) is 5.10 Å². The largest absolute Gasteiger partial charge is 0.386 e. The fourth-order valence-corrected chi connectivity index (χ4v) is 2.80. The molecule has 0 aliphatic heterocycles. The molecule has 102 valence electrons. The third-order valence-electron chi connectivity index (χ3n) is 3.11. The molecule has 0 bridgehead atoms. The number of aryl methyl sites for hydroxylation is 2. The van der Waals surface area contributed by atoms with Crippen LogP contribution in [0.3, 0.4) is 0 Å². The van der Waals surface area contributed by atoms with Gasteiger partial charge in [-0.1, -0.05) is 13.0 Å². The van der Waals surface area contributed by atoms with E-state index in [0.29, 0.717) is 12.1 Å². The number of nitrogens with zero attached hydrogens (tertiary/aromatic N) is 3. The van der Waals surface area contributed by atoms with E-state index < -0.39 is 6.10 Å². The Balaban J connectivity index is 2.26. The average molecular weight is 324 g/mol. The van der Waals surface area contributed by atoms with Crippen molar-refractivity contribution in [2.75, 3.05) is 0 Å². The fraction of sp³-hybridized carbons (Fsp3) is 0.429. The second kappa shape index (κ2) is 6.30. The van der Waals surface area contributed by atoms with Gasteiger partial charge < -0.3 is 5.11 Å². The van der Waals surface area contributed by atoms with Gasteiger partial charge in [-0.15, -0.1) is 0 Å². The number of halogens is 1. The van der Waals surface area contributed by atoms with Gasteiger partial charge in [-0.3, -0.25) is 9.67 Å². The number of aliphatic hydroxyl groups excluding tert-OH is 1. The lowest BCUT2D eigenvalue weighted by molar-refractivity contribution is 0.170. The Labute approximate surface area is 121 Å². The van der Waals surface area contributed by atoms with Gasteiger partial charge in [-0.05, 0) is 41.4 Å². The highest BCUT2D eigenvalue weighted by Crippen LogP contribution is 2.26. The number of rotatable bonds is 5. The minimum Gasteiger partial charge on any atom is -0.386 e. The second-order valence-electron chi connectivity index (χ2n) is 4.35. The Bertz CT molecular complexity index is 539. The van der Waals surface area contributed by atoms with Crippen LogP contribution in [-0.2, 0) is 19.4 Å². The van der Waals surface area contributed by atoms with Crippen LogP contribution in [0.5, 0.6) is 0 Å². The van der Waals surface area contributed by atoms with E-state index in [4.69, 9.17) is 0 Å². The zero-order chi connectivity index (χ0) is 13.8. The molecule has 0 saturated heterocycles. The summed E-state index contributed by atoms with van der Waals surface area (Å²) >= 11 is 3.59. The highest BCUT2D eigenvalue weighted by Gasteiger charge is 2.18. The summed E-state index contributed by atoms with van der Waals surface area (Å²) in [6.45, 7) is 4.92. The first-order valence-corrected chi connectivity index (χ1v) is 7.29. The smallest absolute Gasteiger partial charge is 0.101 e. The summed E-state index contributed by atoms with van der Waals surface area (Å²) in [7, 11) is 0. The zero-order valence-electron chi connectivity index (χ0n) is 11.2. The van der Waals surface area contributed by atoms with Gasteiger partial charge >= 0.3 is 0 Å². The molecule has 0 aliphatic rings. The van der Waals surface area contributed by atoms with Crippen LogP contribution in [0.4, 0.5) is 0 Å². The van der Waals surface area contributed by atoms with Crippen LogP contribution in [0.15, 0.2) is 28.9 Å². The van der Waals surface area contributed by atoms with E-state index in [9.17, 15) is 5.11 Å². The molecular weight excluding hydrogens is 306 g/mol. The van der Waals surface area contributed by atoms with Crippen molar-refractivity contribution in [2.24, 2.45) is 0 Å². The third kappa shape index (κ3) is 3.04. The molecule has 2 heterocycles. The van der Waals surface area contributed by atoms with Gasteiger partial charge in [0.15, 0.2) is 0 Å². The number of pyridine rings is 1. The van der Waals surface area contributed by atoms with E-state index in [-0.39, 0.29) is 0 Å². The highest BCUT2D eigenvalue weighted by atomic mass is 79.9. The van der Waals surface area contributed by atoms with Crippen molar-refractivity contribution in [2.45, 2.75) is 39.3 Å². The van der Waals surface area contributed by atoms with Crippen molar-refractivity contribution in [3.8, 4) is 0 Å². The van der Waals surface area contributed by atoms with Gasteiger partial charge in [-0.25, -0.2) is 0 Å². The summed E-state index contributed by atoms with van der Waals surface area (Å²) in [5.74, 6) is 0. The molecule has 1 atom stereocenters. The molecule has 0 aromatic carbocycles. The molecule has 0 radical (unpaired) electrons. The summed E-state index contributed by atoms with van der Waals surface area (Å²) in [5, 5.41) is 14.8. The molecule has 2 aromatic rings. The third-order valence-corrected chi connectivity index (χ3v) is 4.03. The first-order valence-electron chi connectivity index (χ1n) is 6.50. The summed E-state index contributed by atoms with van der Waals surface area (Å²) in [6.07, 6.45) is 2.48. The quantitative estimate of drug-likeness (QED) is 0.920. The van der Waals surface area contributed by atoms with Gasteiger partial charge in [0.25, 0.3) is 0 Å². The van der Waals surface area contributed by atoms with E-state index in [2.05, 4.69) is 39.9 Å². The second-order valence-corrected chi connectivity index (χ2v) is 5.14. The van der Waals surface area contributed by atoms with Crippen LogP contribution < -0.4 is 0 Å². The normalized spacial score (nSPS) is 12.6. The molecule has 5 heteroatoms. The number of aromatic nitrogens is 3. The van der Waals surface area contributed by atoms with Gasteiger partial charge in [0.2, 0.25) is 0 Å². The lowest BCUT2D eigenvalue weighted by Crippen LogP contribution is -2.09. The van der Waals surface area contributed by atoms with Crippen LogP contribution in [0.2, 0.25) is 0 Å². The van der Waals surface area contributed by atoms with Crippen molar-refractivity contribution in [3.63, 3.8) is 0 Å². The molecule has 0 amide bonds. The first-order chi connectivity index (χ1) is 9.17. The van der Waals surface area contributed by atoms with Crippen LogP contribution in [0.25, 0.3) is 0 Å². The lowest BCUT2D eigenvalue weighted by Gasteiger charge is -2.11. The maximum absolute atomic E-state index is 10.3. The summed E-state index contributed by atoms with van der Waals surface area (Å²) in [6, 6.07) is 5.57. The Morgan fingerprint density at radius 3 is 2.74 bits per heavy atom. The predicted octanol–water partition coefficient (Wildman–Crippen LogP) is 2.90. The number of hydrogen-bond acceptors (Lipinski definition) is 3. The standard InChI is InChI=1S/C14H18BrN3O/c1-3-10-14(15)12(18(4-2)17-10)9-13(19)11-7-5-6-8-16-11/h5-8,13,19H,3-4,9H2,1-2H3. The molecule has 0 aliphatic carbocycles. The molecule has 0 saturated carbocycles. The molecule has 4 nitrogen and oxygen atoms in total. The molecule has 2 aromatic heterocycles. The van der Waals surface area contributed by atoms with Gasteiger partial charge in [0.1, 0.15) is 6.10 Å². The Morgan fingerprint density at radius 1 is 1.37 bits per heavy atom. The minimum atomic E-state index is -0.607. The summed E-state index contributed by atoms with van der Waals surface area (Å²) in [4.78, 5) is 4.19.